The second kappa shape index (κ2) is 6.34. The lowest BCUT2D eigenvalue weighted by molar-refractivity contribution is 0.153. The standard InChI is InChI=1S/C14H25N3O/c1-4-9-17(13-5-7-15-8-6-13)10-14-11(2)16-18-12(14)3/h13,15H,4-10H2,1-3H3. The van der Waals surface area contributed by atoms with Gasteiger partial charge < -0.3 is 9.84 Å². The van der Waals surface area contributed by atoms with Gasteiger partial charge in [-0.05, 0) is 52.7 Å². The number of aromatic nitrogens is 1. The van der Waals surface area contributed by atoms with E-state index in [1.54, 1.807) is 0 Å². The van der Waals surface area contributed by atoms with Gasteiger partial charge in [0.15, 0.2) is 0 Å². The third-order valence-corrected chi connectivity index (χ3v) is 3.88. The van der Waals surface area contributed by atoms with Crippen LogP contribution in [0.2, 0.25) is 0 Å². The molecule has 0 bridgehead atoms. The lowest BCUT2D eigenvalue weighted by Gasteiger charge is -2.34. The van der Waals surface area contributed by atoms with Gasteiger partial charge in [0.05, 0.1) is 5.69 Å². The molecule has 4 nitrogen and oxygen atoms in total. The van der Waals surface area contributed by atoms with Crippen LogP contribution in [0, 0.1) is 13.8 Å². The summed E-state index contributed by atoms with van der Waals surface area (Å²) in [6, 6.07) is 0.708. The minimum Gasteiger partial charge on any atom is -0.361 e. The third kappa shape index (κ3) is 3.12. The van der Waals surface area contributed by atoms with E-state index in [0.717, 1.165) is 37.6 Å². The van der Waals surface area contributed by atoms with Crippen LogP contribution in [-0.2, 0) is 6.54 Å². The zero-order chi connectivity index (χ0) is 13.0. The van der Waals surface area contributed by atoms with Crippen LogP contribution in [0.25, 0.3) is 0 Å². The fourth-order valence-electron chi connectivity index (χ4n) is 2.78. The summed E-state index contributed by atoms with van der Waals surface area (Å²) >= 11 is 0. The molecule has 1 aromatic rings. The van der Waals surface area contributed by atoms with E-state index in [9.17, 15) is 0 Å². The maximum Gasteiger partial charge on any atom is 0.138 e. The normalized spacial score (nSPS) is 17.6. The molecule has 4 heteroatoms. The lowest BCUT2D eigenvalue weighted by atomic mass is 10.0. The zero-order valence-corrected chi connectivity index (χ0v) is 11.8. The van der Waals surface area contributed by atoms with Gasteiger partial charge in [-0.2, -0.15) is 0 Å². The predicted octanol–water partition coefficient (Wildman–Crippen LogP) is 2.26. The maximum absolute atomic E-state index is 5.27. The van der Waals surface area contributed by atoms with Crippen LogP contribution in [0.3, 0.4) is 0 Å². The molecule has 1 aliphatic rings. The minimum absolute atomic E-state index is 0.708. The highest BCUT2D eigenvalue weighted by Crippen LogP contribution is 2.20. The summed E-state index contributed by atoms with van der Waals surface area (Å²) in [6.07, 6.45) is 3.71. The molecule has 0 spiro atoms. The van der Waals surface area contributed by atoms with Gasteiger partial charge in [0, 0.05) is 18.2 Å². The largest absolute Gasteiger partial charge is 0.361 e. The van der Waals surface area contributed by atoms with Crippen LogP contribution in [0.5, 0.6) is 0 Å². The third-order valence-electron chi connectivity index (χ3n) is 3.88. The number of nitrogens with zero attached hydrogens (tertiary/aromatic N) is 2. The molecule has 0 atom stereocenters. The van der Waals surface area contributed by atoms with Gasteiger partial charge in [0.2, 0.25) is 0 Å². The van der Waals surface area contributed by atoms with Crippen molar-refractivity contribution in [1.29, 1.82) is 0 Å². The Kier molecular flexibility index (Phi) is 4.78. The molecule has 0 radical (unpaired) electrons. The number of hydrogen-bond donors (Lipinski definition) is 1. The Morgan fingerprint density at radius 3 is 2.61 bits per heavy atom. The predicted molar refractivity (Wildman–Crippen MR) is 72.6 cm³/mol. The van der Waals surface area contributed by atoms with Crippen LogP contribution < -0.4 is 5.32 Å². The smallest absolute Gasteiger partial charge is 0.138 e. The molecule has 0 aromatic carbocycles. The van der Waals surface area contributed by atoms with E-state index in [4.69, 9.17) is 4.52 Å². The minimum atomic E-state index is 0.708. The van der Waals surface area contributed by atoms with Crippen molar-refractivity contribution in [1.82, 2.24) is 15.4 Å². The molecule has 0 saturated carbocycles. The Morgan fingerprint density at radius 1 is 1.33 bits per heavy atom. The first kappa shape index (κ1) is 13.6. The van der Waals surface area contributed by atoms with Crippen LogP contribution in [0.4, 0.5) is 0 Å². The molecule has 1 aromatic heterocycles. The molecule has 1 saturated heterocycles. The average Bonchev–Trinajstić information content (AvgIpc) is 2.71. The van der Waals surface area contributed by atoms with Gasteiger partial charge in [-0.15, -0.1) is 0 Å². The van der Waals surface area contributed by atoms with Crippen molar-refractivity contribution in [2.75, 3.05) is 19.6 Å². The van der Waals surface area contributed by atoms with E-state index < -0.39 is 0 Å². The fourth-order valence-corrected chi connectivity index (χ4v) is 2.78. The Balaban J connectivity index is 2.05. The van der Waals surface area contributed by atoms with E-state index >= 15 is 0 Å². The summed E-state index contributed by atoms with van der Waals surface area (Å²) in [6.45, 7) is 10.7. The molecule has 1 fully saturated rings. The highest BCUT2D eigenvalue weighted by atomic mass is 16.5. The molecule has 1 aliphatic heterocycles. The van der Waals surface area contributed by atoms with Crippen LogP contribution in [0.1, 0.15) is 43.2 Å². The molecule has 0 amide bonds. The van der Waals surface area contributed by atoms with Gasteiger partial charge in [-0.3, -0.25) is 4.90 Å². The maximum atomic E-state index is 5.27. The fraction of sp³-hybridized carbons (Fsp3) is 0.786. The van der Waals surface area contributed by atoms with Crippen LogP contribution >= 0.6 is 0 Å². The van der Waals surface area contributed by atoms with Crippen molar-refractivity contribution in [3.05, 3.63) is 17.0 Å². The van der Waals surface area contributed by atoms with Crippen molar-refractivity contribution >= 4 is 0 Å². The van der Waals surface area contributed by atoms with Crippen LogP contribution in [-0.4, -0.2) is 35.7 Å². The summed E-state index contributed by atoms with van der Waals surface area (Å²) < 4.78 is 5.27. The van der Waals surface area contributed by atoms with Crippen molar-refractivity contribution in [3.63, 3.8) is 0 Å². The van der Waals surface area contributed by atoms with Gasteiger partial charge >= 0.3 is 0 Å². The second-order valence-electron chi connectivity index (χ2n) is 5.25. The second-order valence-corrected chi connectivity index (χ2v) is 5.25. The average molecular weight is 251 g/mol. The number of piperidine rings is 1. The number of nitrogens with one attached hydrogen (secondary N) is 1. The highest BCUT2D eigenvalue weighted by Gasteiger charge is 2.22. The van der Waals surface area contributed by atoms with Gasteiger partial charge in [0.1, 0.15) is 5.76 Å². The topological polar surface area (TPSA) is 41.3 Å². The van der Waals surface area contributed by atoms with Crippen molar-refractivity contribution < 1.29 is 4.52 Å². The van der Waals surface area contributed by atoms with E-state index in [1.165, 1.54) is 24.8 Å². The Labute approximate surface area is 110 Å². The first-order chi connectivity index (χ1) is 8.72. The molecule has 18 heavy (non-hydrogen) atoms. The summed E-state index contributed by atoms with van der Waals surface area (Å²) in [5.74, 6) is 0.975. The van der Waals surface area contributed by atoms with E-state index in [-0.39, 0.29) is 0 Å². The molecule has 0 aliphatic carbocycles. The molecular weight excluding hydrogens is 226 g/mol. The summed E-state index contributed by atoms with van der Waals surface area (Å²) in [7, 11) is 0. The lowest BCUT2D eigenvalue weighted by Crippen LogP contribution is -2.43. The monoisotopic (exact) mass is 251 g/mol. The summed E-state index contributed by atoms with van der Waals surface area (Å²) in [4.78, 5) is 2.60. The van der Waals surface area contributed by atoms with E-state index in [1.807, 2.05) is 13.8 Å². The number of rotatable bonds is 5. The van der Waals surface area contributed by atoms with Crippen molar-refractivity contribution in [3.8, 4) is 0 Å². The van der Waals surface area contributed by atoms with Crippen molar-refractivity contribution in [2.24, 2.45) is 0 Å². The van der Waals surface area contributed by atoms with Crippen molar-refractivity contribution in [2.45, 2.75) is 52.6 Å². The SMILES string of the molecule is CCCN(Cc1c(C)noc1C)C1CCNCC1. The highest BCUT2D eigenvalue weighted by molar-refractivity contribution is 5.20. The van der Waals surface area contributed by atoms with Gasteiger partial charge in [0.25, 0.3) is 0 Å². The number of hydrogen-bond acceptors (Lipinski definition) is 4. The number of aryl methyl sites for hydroxylation is 2. The first-order valence-electron chi connectivity index (χ1n) is 7.09. The molecular formula is C14H25N3O. The molecule has 2 heterocycles. The van der Waals surface area contributed by atoms with E-state index in [2.05, 4.69) is 22.3 Å². The van der Waals surface area contributed by atoms with Crippen LogP contribution in [0.15, 0.2) is 4.52 Å². The quantitative estimate of drug-likeness (QED) is 0.871. The first-order valence-corrected chi connectivity index (χ1v) is 7.09. The molecule has 0 unspecified atom stereocenters. The van der Waals surface area contributed by atoms with Gasteiger partial charge in [-0.1, -0.05) is 12.1 Å². The van der Waals surface area contributed by atoms with Gasteiger partial charge in [-0.25, -0.2) is 0 Å². The Hall–Kier alpha value is -0.870. The molecule has 2 rings (SSSR count). The van der Waals surface area contributed by atoms with E-state index in [0.29, 0.717) is 6.04 Å². The Bertz CT molecular complexity index is 350. The summed E-state index contributed by atoms with van der Waals surface area (Å²) in [5.41, 5.74) is 2.32. The zero-order valence-electron chi connectivity index (χ0n) is 11.8. The summed E-state index contributed by atoms with van der Waals surface area (Å²) in [5, 5.41) is 7.50. The Morgan fingerprint density at radius 2 is 2.06 bits per heavy atom. The molecule has 1 N–H and O–H groups in total. The molecule has 102 valence electrons.